The van der Waals surface area contributed by atoms with E-state index in [0.717, 1.165) is 24.1 Å². The van der Waals surface area contributed by atoms with Crippen molar-refractivity contribution in [3.05, 3.63) is 29.8 Å². The third kappa shape index (κ3) is 5.73. The summed E-state index contributed by atoms with van der Waals surface area (Å²) in [5.41, 5.74) is 5.66. The van der Waals surface area contributed by atoms with Crippen LogP contribution in [0.5, 0.6) is 5.75 Å². The van der Waals surface area contributed by atoms with E-state index in [1.807, 2.05) is 0 Å². The van der Waals surface area contributed by atoms with Crippen molar-refractivity contribution >= 4 is 21.8 Å². The van der Waals surface area contributed by atoms with Crippen LogP contribution in [0.3, 0.4) is 0 Å². The molecule has 94 valence electrons. The van der Waals surface area contributed by atoms with Crippen LogP contribution >= 0.6 is 15.9 Å². The first-order chi connectivity index (χ1) is 8.24. The SMILES string of the molecule is NC(=O)c1ccc(OCCCCCCBr)cc1. The van der Waals surface area contributed by atoms with E-state index >= 15 is 0 Å². The Morgan fingerprint density at radius 2 is 1.76 bits per heavy atom. The largest absolute Gasteiger partial charge is 0.494 e. The molecule has 0 heterocycles. The lowest BCUT2D eigenvalue weighted by atomic mass is 10.2. The van der Waals surface area contributed by atoms with E-state index in [0.29, 0.717) is 5.56 Å². The van der Waals surface area contributed by atoms with E-state index in [9.17, 15) is 4.79 Å². The van der Waals surface area contributed by atoms with Crippen LogP contribution in [0.15, 0.2) is 24.3 Å². The van der Waals surface area contributed by atoms with E-state index in [4.69, 9.17) is 10.5 Å². The Labute approximate surface area is 110 Å². The van der Waals surface area contributed by atoms with E-state index in [2.05, 4.69) is 15.9 Å². The van der Waals surface area contributed by atoms with Crippen LogP contribution in [-0.4, -0.2) is 17.8 Å². The Balaban J connectivity index is 2.21. The third-order valence-corrected chi connectivity index (χ3v) is 3.00. The molecule has 2 N–H and O–H groups in total. The number of benzene rings is 1. The fourth-order valence-electron chi connectivity index (χ4n) is 1.46. The van der Waals surface area contributed by atoms with Gasteiger partial charge in [-0.05, 0) is 37.1 Å². The highest BCUT2D eigenvalue weighted by Gasteiger charge is 1.99. The highest BCUT2D eigenvalue weighted by atomic mass is 79.9. The minimum Gasteiger partial charge on any atom is -0.494 e. The summed E-state index contributed by atoms with van der Waals surface area (Å²) in [4.78, 5) is 10.9. The number of hydrogen-bond acceptors (Lipinski definition) is 2. The lowest BCUT2D eigenvalue weighted by Crippen LogP contribution is -2.10. The molecule has 1 aromatic rings. The topological polar surface area (TPSA) is 52.3 Å². The zero-order chi connectivity index (χ0) is 12.5. The fraction of sp³-hybridized carbons (Fsp3) is 0.462. The monoisotopic (exact) mass is 299 g/mol. The summed E-state index contributed by atoms with van der Waals surface area (Å²) in [6, 6.07) is 6.92. The summed E-state index contributed by atoms with van der Waals surface area (Å²) in [5.74, 6) is 0.377. The van der Waals surface area contributed by atoms with Crippen molar-refractivity contribution < 1.29 is 9.53 Å². The zero-order valence-electron chi connectivity index (χ0n) is 9.82. The molecule has 0 aromatic heterocycles. The summed E-state index contributed by atoms with van der Waals surface area (Å²) in [5, 5.41) is 1.07. The molecule has 3 nitrogen and oxygen atoms in total. The average Bonchev–Trinajstić information content (AvgIpc) is 2.34. The molecule has 0 saturated carbocycles. The number of primary amides is 1. The van der Waals surface area contributed by atoms with Gasteiger partial charge in [0.2, 0.25) is 5.91 Å². The van der Waals surface area contributed by atoms with Crippen molar-refractivity contribution in [1.82, 2.24) is 0 Å². The molecule has 0 aliphatic carbocycles. The molecule has 0 unspecified atom stereocenters. The van der Waals surface area contributed by atoms with Crippen molar-refractivity contribution in [3.63, 3.8) is 0 Å². The smallest absolute Gasteiger partial charge is 0.248 e. The van der Waals surface area contributed by atoms with Gasteiger partial charge in [0.05, 0.1) is 6.61 Å². The molecule has 0 atom stereocenters. The molecule has 0 bridgehead atoms. The molecular weight excluding hydrogens is 282 g/mol. The molecule has 0 fully saturated rings. The van der Waals surface area contributed by atoms with Crippen molar-refractivity contribution in [2.45, 2.75) is 25.7 Å². The molecular formula is C13H18BrNO2. The minimum atomic E-state index is -0.411. The van der Waals surface area contributed by atoms with Gasteiger partial charge >= 0.3 is 0 Å². The second kappa shape index (κ2) is 8.12. The van der Waals surface area contributed by atoms with Crippen molar-refractivity contribution in [3.8, 4) is 5.75 Å². The fourth-order valence-corrected chi connectivity index (χ4v) is 1.85. The minimum absolute atomic E-state index is 0.411. The standard InChI is InChI=1S/C13H18BrNO2/c14-9-3-1-2-4-10-17-12-7-5-11(6-8-12)13(15)16/h5-8H,1-4,9-10H2,(H2,15,16). The number of hydrogen-bond donors (Lipinski definition) is 1. The van der Waals surface area contributed by atoms with Gasteiger partial charge in [-0.25, -0.2) is 0 Å². The predicted octanol–water partition coefficient (Wildman–Crippen LogP) is 3.12. The van der Waals surface area contributed by atoms with Gasteiger partial charge in [0, 0.05) is 10.9 Å². The van der Waals surface area contributed by atoms with Gasteiger partial charge in [-0.15, -0.1) is 0 Å². The van der Waals surface area contributed by atoms with Gasteiger partial charge in [-0.2, -0.15) is 0 Å². The maximum Gasteiger partial charge on any atom is 0.248 e. The van der Waals surface area contributed by atoms with Gasteiger partial charge < -0.3 is 10.5 Å². The number of carbonyl (C=O) groups excluding carboxylic acids is 1. The Bertz CT molecular complexity index is 338. The summed E-state index contributed by atoms with van der Waals surface area (Å²) < 4.78 is 5.56. The highest BCUT2D eigenvalue weighted by Crippen LogP contribution is 2.12. The third-order valence-electron chi connectivity index (χ3n) is 2.44. The van der Waals surface area contributed by atoms with E-state index < -0.39 is 5.91 Å². The van der Waals surface area contributed by atoms with Crippen LogP contribution in [-0.2, 0) is 0 Å². The molecule has 1 amide bonds. The zero-order valence-corrected chi connectivity index (χ0v) is 11.4. The molecule has 1 rings (SSSR count). The Kier molecular flexibility index (Phi) is 6.70. The van der Waals surface area contributed by atoms with Crippen LogP contribution in [0.1, 0.15) is 36.0 Å². The maximum absolute atomic E-state index is 10.9. The Morgan fingerprint density at radius 1 is 1.12 bits per heavy atom. The number of rotatable bonds is 8. The van der Waals surface area contributed by atoms with Crippen LogP contribution in [0, 0.1) is 0 Å². The van der Waals surface area contributed by atoms with Crippen LogP contribution in [0.25, 0.3) is 0 Å². The van der Waals surface area contributed by atoms with Gasteiger partial charge in [0.1, 0.15) is 5.75 Å². The number of amides is 1. The number of alkyl halides is 1. The van der Waals surface area contributed by atoms with Gasteiger partial charge in [0.15, 0.2) is 0 Å². The molecule has 0 aliphatic heterocycles. The van der Waals surface area contributed by atoms with E-state index in [-0.39, 0.29) is 0 Å². The van der Waals surface area contributed by atoms with Gasteiger partial charge in [-0.1, -0.05) is 28.8 Å². The maximum atomic E-state index is 10.9. The second-order valence-electron chi connectivity index (χ2n) is 3.84. The summed E-state index contributed by atoms with van der Waals surface area (Å²) in [7, 11) is 0. The second-order valence-corrected chi connectivity index (χ2v) is 4.63. The first-order valence-corrected chi connectivity index (χ1v) is 6.95. The highest BCUT2D eigenvalue weighted by molar-refractivity contribution is 9.09. The number of halogens is 1. The summed E-state index contributed by atoms with van der Waals surface area (Å²) >= 11 is 3.40. The lowest BCUT2D eigenvalue weighted by Gasteiger charge is -2.06. The molecule has 0 radical (unpaired) electrons. The van der Waals surface area contributed by atoms with Crippen molar-refractivity contribution in [2.75, 3.05) is 11.9 Å². The van der Waals surface area contributed by atoms with Gasteiger partial charge in [0.25, 0.3) is 0 Å². The van der Waals surface area contributed by atoms with Crippen LogP contribution < -0.4 is 10.5 Å². The lowest BCUT2D eigenvalue weighted by molar-refractivity contribution is 0.100. The van der Waals surface area contributed by atoms with Crippen LogP contribution in [0.4, 0.5) is 0 Å². The number of ether oxygens (including phenoxy) is 1. The Hall–Kier alpha value is -1.03. The number of unbranched alkanes of at least 4 members (excludes halogenated alkanes) is 3. The van der Waals surface area contributed by atoms with Crippen LogP contribution in [0.2, 0.25) is 0 Å². The first kappa shape index (κ1) is 14.0. The quantitative estimate of drug-likeness (QED) is 0.592. The molecule has 4 heteroatoms. The molecule has 0 spiro atoms. The van der Waals surface area contributed by atoms with Gasteiger partial charge in [-0.3, -0.25) is 4.79 Å². The summed E-state index contributed by atoms with van der Waals surface area (Å²) in [6.07, 6.45) is 4.69. The summed E-state index contributed by atoms with van der Waals surface area (Å²) in [6.45, 7) is 0.720. The molecule has 1 aromatic carbocycles. The van der Waals surface area contributed by atoms with E-state index in [1.54, 1.807) is 24.3 Å². The van der Waals surface area contributed by atoms with E-state index in [1.165, 1.54) is 19.3 Å². The number of nitrogens with two attached hydrogens (primary N) is 1. The Morgan fingerprint density at radius 3 is 2.35 bits per heavy atom. The molecule has 0 saturated heterocycles. The normalized spacial score (nSPS) is 10.2. The molecule has 17 heavy (non-hydrogen) atoms. The van der Waals surface area contributed by atoms with Crippen molar-refractivity contribution in [1.29, 1.82) is 0 Å². The number of carbonyl (C=O) groups is 1. The first-order valence-electron chi connectivity index (χ1n) is 5.82. The average molecular weight is 300 g/mol. The van der Waals surface area contributed by atoms with Crippen molar-refractivity contribution in [2.24, 2.45) is 5.73 Å². The molecule has 0 aliphatic rings. The predicted molar refractivity (Wildman–Crippen MR) is 72.7 cm³/mol.